The monoisotopic (exact) mass is 268 g/mol. The van der Waals surface area contributed by atoms with Gasteiger partial charge in [0.15, 0.2) is 0 Å². The Balaban J connectivity index is 2.65. The Hall–Kier alpha value is -2.42. The maximum Gasteiger partial charge on any atom is 0.138 e. The van der Waals surface area contributed by atoms with Crippen LogP contribution >= 0.6 is 0 Å². The van der Waals surface area contributed by atoms with Crippen molar-refractivity contribution in [3.05, 3.63) is 42.0 Å². The second kappa shape index (κ2) is 4.60. The first-order valence-corrected chi connectivity index (χ1v) is 6.43. The second-order valence-corrected chi connectivity index (χ2v) is 4.82. The molecule has 0 unspecified atom stereocenters. The van der Waals surface area contributed by atoms with Crippen LogP contribution in [-0.2, 0) is 0 Å². The Morgan fingerprint density at radius 3 is 2.05 bits per heavy atom. The quantitative estimate of drug-likeness (QED) is 0.713. The minimum absolute atomic E-state index is 0.209. The molecular formula is C17H16O3. The number of ether oxygens (including phenoxy) is 2. The lowest BCUT2D eigenvalue weighted by Crippen LogP contribution is -1.93. The van der Waals surface area contributed by atoms with E-state index in [2.05, 4.69) is 0 Å². The minimum Gasteiger partial charge on any atom is -0.507 e. The van der Waals surface area contributed by atoms with Gasteiger partial charge in [-0.15, -0.1) is 0 Å². The average Bonchev–Trinajstić information content (AvgIpc) is 2.44. The Morgan fingerprint density at radius 2 is 1.45 bits per heavy atom. The average molecular weight is 268 g/mol. The predicted octanol–water partition coefficient (Wildman–Crippen LogP) is 4.02. The van der Waals surface area contributed by atoms with Gasteiger partial charge in [-0.1, -0.05) is 24.3 Å². The number of fused-ring (bicyclic) bond motifs is 2. The van der Waals surface area contributed by atoms with Gasteiger partial charge in [0, 0.05) is 16.2 Å². The minimum atomic E-state index is 0.209. The van der Waals surface area contributed by atoms with E-state index in [0.29, 0.717) is 11.1 Å². The molecule has 0 spiro atoms. The van der Waals surface area contributed by atoms with Crippen molar-refractivity contribution in [1.29, 1.82) is 0 Å². The van der Waals surface area contributed by atoms with E-state index in [0.717, 1.165) is 27.5 Å². The maximum absolute atomic E-state index is 10.3. The summed E-state index contributed by atoms with van der Waals surface area (Å²) in [5.74, 6) is 1.64. The largest absolute Gasteiger partial charge is 0.507 e. The summed E-state index contributed by atoms with van der Waals surface area (Å²) in [6.45, 7) is 1.94. The summed E-state index contributed by atoms with van der Waals surface area (Å²) in [6, 6.07) is 11.6. The van der Waals surface area contributed by atoms with Crippen LogP contribution in [-0.4, -0.2) is 19.3 Å². The fraction of sp³-hybridized carbons (Fsp3) is 0.176. The summed E-state index contributed by atoms with van der Waals surface area (Å²) in [4.78, 5) is 0. The molecule has 0 saturated carbocycles. The van der Waals surface area contributed by atoms with Crippen molar-refractivity contribution in [2.24, 2.45) is 0 Å². The smallest absolute Gasteiger partial charge is 0.138 e. The number of hydrogen-bond donors (Lipinski definition) is 1. The summed E-state index contributed by atoms with van der Waals surface area (Å²) < 4.78 is 11.1. The van der Waals surface area contributed by atoms with Crippen LogP contribution in [0.1, 0.15) is 5.56 Å². The van der Waals surface area contributed by atoms with Crippen LogP contribution in [0.25, 0.3) is 21.5 Å². The molecule has 0 aliphatic carbocycles. The highest BCUT2D eigenvalue weighted by molar-refractivity contribution is 6.13. The van der Waals surface area contributed by atoms with E-state index in [1.165, 1.54) is 0 Å². The molecule has 20 heavy (non-hydrogen) atoms. The Morgan fingerprint density at radius 1 is 0.850 bits per heavy atom. The van der Waals surface area contributed by atoms with E-state index in [4.69, 9.17) is 9.47 Å². The summed E-state index contributed by atoms with van der Waals surface area (Å²) in [6.07, 6.45) is 0. The molecule has 0 saturated heterocycles. The molecule has 0 aliphatic rings. The van der Waals surface area contributed by atoms with E-state index in [1.54, 1.807) is 20.3 Å². The molecule has 3 rings (SSSR count). The van der Waals surface area contributed by atoms with Crippen LogP contribution < -0.4 is 9.47 Å². The zero-order chi connectivity index (χ0) is 14.3. The van der Waals surface area contributed by atoms with Gasteiger partial charge in [-0.2, -0.15) is 0 Å². The number of methoxy groups -OCH3 is 2. The van der Waals surface area contributed by atoms with Crippen molar-refractivity contribution in [3.63, 3.8) is 0 Å². The van der Waals surface area contributed by atoms with Crippen LogP contribution in [0.3, 0.4) is 0 Å². The van der Waals surface area contributed by atoms with Crippen LogP contribution in [0, 0.1) is 6.92 Å². The molecular weight excluding hydrogens is 252 g/mol. The van der Waals surface area contributed by atoms with Crippen molar-refractivity contribution < 1.29 is 14.6 Å². The summed E-state index contributed by atoms with van der Waals surface area (Å²) >= 11 is 0. The first kappa shape index (κ1) is 12.6. The molecule has 0 heterocycles. The van der Waals surface area contributed by atoms with E-state index >= 15 is 0 Å². The van der Waals surface area contributed by atoms with Gasteiger partial charge in [-0.25, -0.2) is 0 Å². The fourth-order valence-corrected chi connectivity index (χ4v) is 2.78. The number of aromatic hydroxyl groups is 1. The summed E-state index contributed by atoms with van der Waals surface area (Å²) in [5.41, 5.74) is 0.977. The third-order valence-corrected chi connectivity index (χ3v) is 3.56. The SMILES string of the molecule is COc1c2ccccc2c(OC)c2c(O)cc(C)cc12. The second-order valence-electron chi connectivity index (χ2n) is 4.82. The lowest BCUT2D eigenvalue weighted by atomic mass is 9.98. The molecule has 0 atom stereocenters. The highest BCUT2D eigenvalue weighted by Crippen LogP contribution is 2.46. The normalized spacial score (nSPS) is 10.9. The lowest BCUT2D eigenvalue weighted by Gasteiger charge is -2.16. The molecule has 3 aromatic carbocycles. The highest BCUT2D eigenvalue weighted by Gasteiger charge is 2.17. The Labute approximate surface area is 117 Å². The Kier molecular flexibility index (Phi) is 2.90. The zero-order valence-corrected chi connectivity index (χ0v) is 11.7. The molecule has 0 amide bonds. The molecule has 1 N–H and O–H groups in total. The van der Waals surface area contributed by atoms with Gasteiger partial charge in [0.05, 0.1) is 19.6 Å². The lowest BCUT2D eigenvalue weighted by molar-refractivity contribution is 0.414. The number of benzene rings is 3. The van der Waals surface area contributed by atoms with E-state index in [1.807, 2.05) is 37.3 Å². The van der Waals surface area contributed by atoms with Gasteiger partial charge in [-0.05, 0) is 24.6 Å². The maximum atomic E-state index is 10.3. The molecule has 3 heteroatoms. The number of rotatable bonds is 2. The first-order chi connectivity index (χ1) is 9.67. The number of phenols is 1. The van der Waals surface area contributed by atoms with Crippen LogP contribution in [0.4, 0.5) is 0 Å². The third kappa shape index (κ3) is 1.67. The van der Waals surface area contributed by atoms with Gasteiger partial charge in [0.25, 0.3) is 0 Å². The standard InChI is InChI=1S/C17H16O3/c1-10-8-13-15(14(18)9-10)17(20-3)12-7-5-4-6-11(12)16(13)19-2/h4-9,18H,1-3H3. The topological polar surface area (TPSA) is 38.7 Å². The van der Waals surface area contributed by atoms with Crippen molar-refractivity contribution >= 4 is 21.5 Å². The van der Waals surface area contributed by atoms with Gasteiger partial charge in [0.1, 0.15) is 17.2 Å². The van der Waals surface area contributed by atoms with Crippen molar-refractivity contribution in [2.75, 3.05) is 14.2 Å². The summed E-state index contributed by atoms with van der Waals surface area (Å²) in [5, 5.41) is 13.8. The Bertz CT molecular complexity index is 806. The zero-order valence-electron chi connectivity index (χ0n) is 11.7. The van der Waals surface area contributed by atoms with Crippen LogP contribution in [0.15, 0.2) is 36.4 Å². The predicted molar refractivity (Wildman–Crippen MR) is 81.0 cm³/mol. The molecule has 3 nitrogen and oxygen atoms in total. The van der Waals surface area contributed by atoms with Crippen molar-refractivity contribution in [1.82, 2.24) is 0 Å². The molecule has 102 valence electrons. The number of phenolic OH excluding ortho intramolecular Hbond substituents is 1. The van der Waals surface area contributed by atoms with Crippen molar-refractivity contribution in [3.8, 4) is 17.2 Å². The van der Waals surface area contributed by atoms with Crippen molar-refractivity contribution in [2.45, 2.75) is 6.92 Å². The fourth-order valence-electron chi connectivity index (χ4n) is 2.78. The highest BCUT2D eigenvalue weighted by atomic mass is 16.5. The molecule has 0 aliphatic heterocycles. The van der Waals surface area contributed by atoms with Crippen LogP contribution in [0.2, 0.25) is 0 Å². The van der Waals surface area contributed by atoms with Gasteiger partial charge < -0.3 is 14.6 Å². The van der Waals surface area contributed by atoms with Gasteiger partial charge in [-0.3, -0.25) is 0 Å². The molecule has 0 bridgehead atoms. The number of aryl methyl sites for hydroxylation is 1. The molecule has 0 fully saturated rings. The third-order valence-electron chi connectivity index (χ3n) is 3.56. The van der Waals surface area contributed by atoms with Crippen LogP contribution in [0.5, 0.6) is 17.2 Å². The molecule has 0 radical (unpaired) electrons. The molecule has 0 aromatic heterocycles. The summed E-state index contributed by atoms with van der Waals surface area (Å²) in [7, 11) is 3.26. The van der Waals surface area contributed by atoms with E-state index in [9.17, 15) is 5.11 Å². The first-order valence-electron chi connectivity index (χ1n) is 6.43. The van der Waals surface area contributed by atoms with Gasteiger partial charge in [0.2, 0.25) is 0 Å². The number of hydrogen-bond acceptors (Lipinski definition) is 3. The van der Waals surface area contributed by atoms with E-state index in [-0.39, 0.29) is 5.75 Å². The van der Waals surface area contributed by atoms with Gasteiger partial charge >= 0.3 is 0 Å². The molecule has 3 aromatic rings. The van der Waals surface area contributed by atoms with E-state index < -0.39 is 0 Å².